The predicted octanol–water partition coefficient (Wildman–Crippen LogP) is 1.28. The fraction of sp³-hybridized carbons (Fsp3) is 0.125. The van der Waals surface area contributed by atoms with Gasteiger partial charge in [0.1, 0.15) is 0 Å². The molecule has 0 bridgehead atoms. The molecule has 0 radical (unpaired) electrons. The van der Waals surface area contributed by atoms with Crippen LogP contribution in [0.5, 0.6) is 0 Å². The van der Waals surface area contributed by atoms with Gasteiger partial charge in [-0.1, -0.05) is 0 Å². The second kappa shape index (κ2) is 1.95. The van der Waals surface area contributed by atoms with Crippen LogP contribution in [0.15, 0.2) is 32.9 Å². The Labute approximate surface area is 65.0 Å². The average molecular weight is 225 g/mol. The predicted molar refractivity (Wildman–Crippen MR) is 41.7 cm³/mol. The fourth-order valence-corrected chi connectivity index (χ4v) is 3.53. The summed E-state index contributed by atoms with van der Waals surface area (Å²) in [5.74, 6) is 0. The van der Waals surface area contributed by atoms with Gasteiger partial charge in [-0.15, -0.1) is 0 Å². The van der Waals surface area contributed by atoms with Crippen LogP contribution in [-0.2, 0) is 0 Å². The van der Waals surface area contributed by atoms with Crippen LogP contribution >= 0.6 is 0 Å². The summed E-state index contributed by atoms with van der Waals surface area (Å²) in [6, 6.07) is 0. The number of hydrogen-bond acceptors (Lipinski definition) is 0. The molecule has 1 heteroatoms. The van der Waals surface area contributed by atoms with E-state index in [0.717, 1.165) is 0 Å². The normalized spacial score (nSPS) is 21.2. The summed E-state index contributed by atoms with van der Waals surface area (Å²) in [7, 11) is 0. The van der Waals surface area contributed by atoms with Crippen LogP contribution in [0.1, 0.15) is 6.92 Å². The summed E-state index contributed by atoms with van der Waals surface area (Å²) in [5, 5.41) is 0. The van der Waals surface area contributed by atoms with Crippen molar-refractivity contribution in [3.8, 4) is 0 Å². The van der Waals surface area contributed by atoms with Crippen LogP contribution in [0, 0.1) is 0 Å². The van der Waals surface area contributed by atoms with E-state index in [1.54, 1.807) is 0 Å². The minimum absolute atomic E-state index is 0.0191. The Balaban J connectivity index is 2.53. The molecular weight excluding hydrogens is 218 g/mol. The molecule has 2 aliphatic rings. The molecule has 9 heavy (non-hydrogen) atoms. The zero-order valence-corrected chi connectivity index (χ0v) is 7.81. The van der Waals surface area contributed by atoms with Crippen molar-refractivity contribution in [1.82, 2.24) is 0 Å². The monoisotopic (exact) mass is 224 g/mol. The maximum absolute atomic E-state index is 2.42. The van der Waals surface area contributed by atoms with Crippen molar-refractivity contribution in [2.45, 2.75) is 6.92 Å². The van der Waals surface area contributed by atoms with Gasteiger partial charge in [0.15, 0.2) is 0 Å². The van der Waals surface area contributed by atoms with E-state index in [1.165, 1.54) is 16.7 Å². The van der Waals surface area contributed by atoms with Gasteiger partial charge >= 0.3 is 64.9 Å². The van der Waals surface area contributed by atoms with Crippen molar-refractivity contribution < 1.29 is 0 Å². The zero-order chi connectivity index (χ0) is 6.27. The molecule has 0 saturated carbocycles. The van der Waals surface area contributed by atoms with Gasteiger partial charge in [0.25, 0.3) is 0 Å². The Morgan fingerprint density at radius 1 is 1.22 bits per heavy atom. The van der Waals surface area contributed by atoms with Gasteiger partial charge in [-0.3, -0.25) is 0 Å². The molecule has 0 amide bonds. The quantitative estimate of drug-likeness (QED) is 0.544. The topological polar surface area (TPSA) is 0 Å². The van der Waals surface area contributed by atoms with Crippen LogP contribution in [0.2, 0.25) is 0 Å². The molecule has 0 N–H and O–H groups in total. The van der Waals surface area contributed by atoms with E-state index in [1.807, 2.05) is 0 Å². The summed E-state index contributed by atoms with van der Waals surface area (Å²) in [6.07, 6.45) is 4.54. The van der Waals surface area contributed by atoms with Crippen LogP contribution in [0.3, 0.4) is 0 Å². The molecule has 2 rings (SSSR count). The number of allylic oxidation sites excluding steroid dienone is 5. The second-order valence-corrected chi connectivity index (χ2v) is 4.68. The van der Waals surface area contributed by atoms with E-state index in [2.05, 4.69) is 27.0 Å². The van der Waals surface area contributed by atoms with E-state index in [4.69, 9.17) is 0 Å². The molecule has 0 aromatic heterocycles. The van der Waals surface area contributed by atoms with Gasteiger partial charge in [-0.25, -0.2) is 0 Å². The summed E-state index contributed by atoms with van der Waals surface area (Å²) < 4.78 is 4.83. The van der Waals surface area contributed by atoms with E-state index in [-0.39, 0.29) is 21.1 Å². The van der Waals surface area contributed by atoms with Gasteiger partial charge in [-0.05, 0) is 0 Å². The molecule has 0 unspecified atom stereocenters. The number of hydrogen-bond donors (Lipinski definition) is 0. The van der Waals surface area contributed by atoms with Crippen LogP contribution < -0.4 is 0 Å². The first-order valence-electron chi connectivity index (χ1n) is 3.00. The average Bonchev–Trinajstić information content (AvgIpc) is 2.22. The van der Waals surface area contributed by atoms with E-state index in [9.17, 15) is 0 Å². The molecule has 0 saturated heterocycles. The van der Waals surface area contributed by atoms with Crippen molar-refractivity contribution in [3.05, 3.63) is 32.9 Å². The molecule has 0 aromatic carbocycles. The van der Waals surface area contributed by atoms with Crippen LogP contribution in [0.4, 0.5) is 0 Å². The standard InChI is InChI=1S/C8H7.Sb/c1-6-4-7(2)8(3)5-6;/h2-5H,1H3;. The molecule has 0 nitrogen and oxygen atoms in total. The molecule has 44 valence electrons. The van der Waals surface area contributed by atoms with Crippen molar-refractivity contribution in [1.29, 1.82) is 0 Å². The third-order valence-electron chi connectivity index (χ3n) is 1.53. The van der Waals surface area contributed by atoms with Crippen LogP contribution in [-0.4, -0.2) is 25.1 Å². The van der Waals surface area contributed by atoms with Gasteiger partial charge < -0.3 is 0 Å². The first-order valence-corrected chi connectivity index (χ1v) is 5.95. The number of fused-ring (bicyclic) bond motifs is 1. The Kier molecular flexibility index (Phi) is 1.23. The van der Waals surface area contributed by atoms with Crippen molar-refractivity contribution in [2.75, 3.05) is 0 Å². The van der Waals surface area contributed by atoms with Crippen molar-refractivity contribution in [2.24, 2.45) is 0 Å². The zero-order valence-electron chi connectivity index (χ0n) is 5.26. The fourth-order valence-electron chi connectivity index (χ4n) is 1.12. The van der Waals surface area contributed by atoms with E-state index in [0.29, 0.717) is 0 Å². The second-order valence-electron chi connectivity index (χ2n) is 2.35. The van der Waals surface area contributed by atoms with Crippen LogP contribution in [0.25, 0.3) is 0 Å². The minimum atomic E-state index is -0.0191. The number of rotatable bonds is 0. The van der Waals surface area contributed by atoms with Gasteiger partial charge in [-0.2, -0.15) is 0 Å². The summed E-state index contributed by atoms with van der Waals surface area (Å²) >= 11 is -0.0191. The van der Waals surface area contributed by atoms with E-state index < -0.39 is 0 Å². The molecule has 1 aliphatic heterocycles. The first kappa shape index (κ1) is 5.67. The Bertz CT molecular complexity index is 264. The summed E-state index contributed by atoms with van der Waals surface area (Å²) in [6.45, 7) is 2.16. The first-order chi connectivity index (χ1) is 4.36. The van der Waals surface area contributed by atoms with Gasteiger partial charge in [0.2, 0.25) is 0 Å². The third kappa shape index (κ3) is 0.861. The summed E-state index contributed by atoms with van der Waals surface area (Å²) in [5.41, 5.74) is 4.39. The Morgan fingerprint density at radius 3 is 2.89 bits per heavy atom. The molecule has 1 aliphatic carbocycles. The summed E-state index contributed by atoms with van der Waals surface area (Å²) in [4.78, 5) is 0. The molecule has 0 aromatic rings. The van der Waals surface area contributed by atoms with Crippen molar-refractivity contribution >= 4 is 25.1 Å². The third-order valence-corrected chi connectivity index (χ3v) is 3.97. The van der Waals surface area contributed by atoms with E-state index >= 15 is 0 Å². The maximum atomic E-state index is 2.42. The van der Waals surface area contributed by atoms with Gasteiger partial charge in [0.05, 0.1) is 0 Å². The Hall–Kier alpha value is -0.0918. The SMILES string of the molecule is CC1=CC2=[CH][Sb]=[CH]C2=C1. The molecular formula is C8H7Sb. The molecule has 1 heterocycles. The van der Waals surface area contributed by atoms with Gasteiger partial charge in [0, 0.05) is 0 Å². The molecule has 0 atom stereocenters. The molecule has 0 spiro atoms. The Morgan fingerprint density at radius 2 is 2.11 bits per heavy atom. The van der Waals surface area contributed by atoms with Crippen molar-refractivity contribution in [3.63, 3.8) is 0 Å². The molecule has 0 fully saturated rings.